The molecule has 0 radical (unpaired) electrons. The van der Waals surface area contributed by atoms with Gasteiger partial charge < -0.3 is 29.4 Å². The highest BCUT2D eigenvalue weighted by atomic mass is 32.2. The molecule has 0 fully saturated rings. The van der Waals surface area contributed by atoms with Crippen molar-refractivity contribution in [2.45, 2.75) is 51.1 Å². The third kappa shape index (κ3) is 7.27. The van der Waals surface area contributed by atoms with Crippen molar-refractivity contribution < 1.29 is 33.1 Å². The van der Waals surface area contributed by atoms with Crippen molar-refractivity contribution in [1.29, 1.82) is 0 Å². The molecular formula is C38H39N3O7S. The Bertz CT molecular complexity index is 1980. The van der Waals surface area contributed by atoms with Crippen LogP contribution in [0.5, 0.6) is 23.0 Å². The lowest BCUT2D eigenvalue weighted by molar-refractivity contribution is 0.0945. The number of amides is 1. The Labute approximate surface area is 289 Å². The number of rotatable bonds is 9. The van der Waals surface area contributed by atoms with Gasteiger partial charge in [0.2, 0.25) is 6.79 Å². The second kappa shape index (κ2) is 14.3. The second-order valence-corrected chi connectivity index (χ2v) is 14.9. The molecule has 0 saturated heterocycles. The van der Waals surface area contributed by atoms with Gasteiger partial charge in [-0.1, -0.05) is 30.0 Å². The number of nitrogens with zero attached hydrogens (tertiary/aromatic N) is 2. The minimum absolute atomic E-state index is 0.101. The molecule has 0 bridgehead atoms. The van der Waals surface area contributed by atoms with Gasteiger partial charge in [-0.3, -0.25) is 4.79 Å². The average Bonchev–Trinajstić information content (AvgIpc) is 3.73. The van der Waals surface area contributed by atoms with Crippen molar-refractivity contribution in [1.82, 2.24) is 14.6 Å². The van der Waals surface area contributed by atoms with Crippen LogP contribution in [0.1, 0.15) is 71.5 Å². The summed E-state index contributed by atoms with van der Waals surface area (Å²) in [5.74, 6) is 8.60. The maximum atomic E-state index is 13.8. The first kappa shape index (κ1) is 34.0. The van der Waals surface area contributed by atoms with E-state index in [1.54, 1.807) is 20.3 Å². The zero-order chi connectivity index (χ0) is 34.7. The SMILES string of the molecule is COc1ccc(C#Cc2cccc(-c3nc(C(=O)NCc4ccc5c(c4)OCO5)cc4c3[C@H](CCO)N([S@@](=O)C(C)(C)C)C4)c2)cc1OC. The Morgan fingerprint density at radius 2 is 1.76 bits per heavy atom. The number of aliphatic hydroxyl groups excluding tert-OH is 1. The van der Waals surface area contributed by atoms with Crippen LogP contribution in [0, 0.1) is 11.8 Å². The van der Waals surface area contributed by atoms with Gasteiger partial charge in [-0.15, -0.1) is 0 Å². The van der Waals surface area contributed by atoms with E-state index < -0.39 is 15.7 Å². The zero-order valence-corrected chi connectivity index (χ0v) is 29.0. The van der Waals surface area contributed by atoms with E-state index in [0.29, 0.717) is 41.7 Å². The Hall–Kier alpha value is -4.89. The maximum Gasteiger partial charge on any atom is 0.270 e. The Kier molecular flexibility index (Phi) is 9.92. The van der Waals surface area contributed by atoms with Crippen LogP contribution in [-0.2, 0) is 24.1 Å². The third-order valence-electron chi connectivity index (χ3n) is 8.28. The lowest BCUT2D eigenvalue weighted by atomic mass is 9.95. The van der Waals surface area contributed by atoms with E-state index >= 15 is 0 Å². The van der Waals surface area contributed by atoms with Gasteiger partial charge in [0.1, 0.15) is 16.7 Å². The van der Waals surface area contributed by atoms with E-state index in [0.717, 1.165) is 33.4 Å². The molecule has 10 nitrogen and oxygen atoms in total. The molecule has 2 atom stereocenters. The van der Waals surface area contributed by atoms with Crippen LogP contribution in [0.25, 0.3) is 11.3 Å². The summed E-state index contributed by atoms with van der Waals surface area (Å²) in [6, 6.07) is 20.1. The van der Waals surface area contributed by atoms with Crippen LogP contribution < -0.4 is 24.3 Å². The lowest BCUT2D eigenvalue weighted by Crippen LogP contribution is -2.36. The summed E-state index contributed by atoms with van der Waals surface area (Å²) >= 11 is 0. The summed E-state index contributed by atoms with van der Waals surface area (Å²) in [5, 5.41) is 13.1. The Balaban J connectivity index is 1.38. The fourth-order valence-corrected chi connectivity index (χ4v) is 7.33. The van der Waals surface area contributed by atoms with Crippen LogP contribution in [0.2, 0.25) is 0 Å². The van der Waals surface area contributed by atoms with Crippen LogP contribution in [0.15, 0.2) is 66.7 Å². The molecule has 6 rings (SSSR count). The van der Waals surface area contributed by atoms with Crippen molar-refractivity contribution in [3.8, 4) is 46.1 Å². The zero-order valence-electron chi connectivity index (χ0n) is 28.2. The molecule has 254 valence electrons. The molecular weight excluding hydrogens is 642 g/mol. The number of fused-ring (bicyclic) bond motifs is 2. The van der Waals surface area contributed by atoms with E-state index in [4.69, 9.17) is 23.9 Å². The van der Waals surface area contributed by atoms with Crippen LogP contribution in [0.3, 0.4) is 0 Å². The first-order valence-corrected chi connectivity index (χ1v) is 17.0. The standard InChI is InChI=1S/C38H39N3O7S/c1-38(2,3)49(44)41-22-28-20-29(37(43)39-21-26-12-14-32-34(19-26)48-23-47-32)40-36(35(28)30(41)15-16-42)27-8-6-7-24(17-27)9-10-25-11-13-31(45-4)33(18-25)46-5/h6-8,11-14,17-20,30,42H,15-16,21-23H2,1-5H3,(H,39,43)/t30-,49-/m0/s1. The van der Waals surface area contributed by atoms with E-state index in [1.807, 2.05) is 85.7 Å². The molecule has 0 spiro atoms. The van der Waals surface area contributed by atoms with E-state index in [9.17, 15) is 14.1 Å². The van der Waals surface area contributed by atoms with Crippen LogP contribution in [-0.4, -0.2) is 56.9 Å². The van der Waals surface area contributed by atoms with Crippen molar-refractivity contribution in [3.63, 3.8) is 0 Å². The van der Waals surface area contributed by atoms with Gasteiger partial charge in [-0.2, -0.15) is 0 Å². The van der Waals surface area contributed by atoms with Gasteiger partial charge in [0.25, 0.3) is 5.91 Å². The van der Waals surface area contributed by atoms with Crippen LogP contribution >= 0.6 is 0 Å². The van der Waals surface area contributed by atoms with Gasteiger partial charge in [-0.05, 0) is 86.8 Å². The first-order chi connectivity index (χ1) is 23.6. The van der Waals surface area contributed by atoms with Crippen molar-refractivity contribution >= 4 is 16.9 Å². The van der Waals surface area contributed by atoms with Gasteiger partial charge in [0.15, 0.2) is 23.0 Å². The molecule has 3 heterocycles. The fourth-order valence-electron chi connectivity index (χ4n) is 5.93. The molecule has 4 aromatic rings. The number of methoxy groups -OCH3 is 2. The summed E-state index contributed by atoms with van der Waals surface area (Å²) in [6.45, 7) is 6.46. The topological polar surface area (TPSA) is 119 Å². The summed E-state index contributed by atoms with van der Waals surface area (Å²) < 4.78 is 36.8. The lowest BCUT2D eigenvalue weighted by Gasteiger charge is -2.30. The Morgan fingerprint density at radius 1 is 1.00 bits per heavy atom. The van der Waals surface area contributed by atoms with Gasteiger partial charge >= 0.3 is 0 Å². The normalized spacial score (nSPS) is 15.6. The number of carbonyl (C=O) groups excluding carboxylic acids is 1. The molecule has 1 aromatic heterocycles. The minimum atomic E-state index is -1.38. The number of ether oxygens (including phenoxy) is 4. The molecule has 1 amide bonds. The predicted octanol–water partition coefficient (Wildman–Crippen LogP) is 5.53. The monoisotopic (exact) mass is 681 g/mol. The summed E-state index contributed by atoms with van der Waals surface area (Å²) in [7, 11) is 1.78. The molecule has 0 unspecified atom stereocenters. The molecule has 0 saturated carbocycles. The minimum Gasteiger partial charge on any atom is -0.493 e. The van der Waals surface area contributed by atoms with E-state index in [1.165, 1.54) is 0 Å². The highest BCUT2D eigenvalue weighted by Gasteiger charge is 2.40. The molecule has 49 heavy (non-hydrogen) atoms. The number of aliphatic hydroxyl groups is 1. The highest BCUT2D eigenvalue weighted by Crippen LogP contribution is 2.44. The van der Waals surface area contributed by atoms with Crippen molar-refractivity contribution in [2.24, 2.45) is 0 Å². The van der Waals surface area contributed by atoms with Gasteiger partial charge in [0, 0.05) is 42.0 Å². The molecule has 3 aromatic carbocycles. The smallest absolute Gasteiger partial charge is 0.270 e. The van der Waals surface area contributed by atoms with Crippen LogP contribution in [0.4, 0.5) is 0 Å². The fraction of sp³-hybridized carbons (Fsp3) is 0.316. The number of aromatic nitrogens is 1. The first-order valence-electron chi connectivity index (χ1n) is 15.9. The summed E-state index contributed by atoms with van der Waals surface area (Å²) in [5.41, 5.74) is 5.63. The number of hydrogen-bond acceptors (Lipinski definition) is 8. The molecule has 2 aliphatic rings. The predicted molar refractivity (Wildman–Crippen MR) is 187 cm³/mol. The summed E-state index contributed by atoms with van der Waals surface area (Å²) in [6.07, 6.45) is 0.359. The average molecular weight is 682 g/mol. The van der Waals surface area contributed by atoms with Crippen molar-refractivity contribution in [3.05, 3.63) is 100 Å². The maximum absolute atomic E-state index is 13.8. The largest absolute Gasteiger partial charge is 0.493 e. The molecule has 2 aliphatic heterocycles. The third-order valence-corrected chi connectivity index (χ3v) is 10.1. The number of nitrogens with one attached hydrogen (secondary N) is 1. The second-order valence-electron chi connectivity index (χ2n) is 12.7. The number of pyridine rings is 1. The van der Waals surface area contributed by atoms with E-state index in [-0.39, 0.29) is 37.6 Å². The highest BCUT2D eigenvalue weighted by molar-refractivity contribution is 7.84. The quantitative estimate of drug-likeness (QED) is 0.222. The molecule has 11 heteroatoms. The number of hydrogen-bond donors (Lipinski definition) is 2. The molecule has 2 N–H and O–H groups in total. The molecule has 0 aliphatic carbocycles. The Morgan fingerprint density at radius 3 is 2.49 bits per heavy atom. The van der Waals surface area contributed by atoms with E-state index in [2.05, 4.69) is 17.2 Å². The number of carbonyl (C=O) groups is 1. The van der Waals surface area contributed by atoms with Crippen molar-refractivity contribution in [2.75, 3.05) is 27.6 Å². The van der Waals surface area contributed by atoms with Gasteiger partial charge in [-0.25, -0.2) is 13.5 Å². The number of benzene rings is 3. The van der Waals surface area contributed by atoms with Gasteiger partial charge in [0.05, 0.1) is 30.7 Å². The summed E-state index contributed by atoms with van der Waals surface area (Å²) in [4.78, 5) is 18.6.